The number of carbonyl (C=O) groups excluding carboxylic acids is 1. The number of allylic oxidation sites excluding steroid dienone is 1. The van der Waals surface area contributed by atoms with E-state index < -0.39 is 0 Å². The number of benzene rings is 1. The summed E-state index contributed by atoms with van der Waals surface area (Å²) < 4.78 is 29.1. The lowest BCUT2D eigenvalue weighted by atomic mass is 9.91. The van der Waals surface area contributed by atoms with Gasteiger partial charge in [-0.3, -0.25) is 4.79 Å². The fourth-order valence-electron chi connectivity index (χ4n) is 5.32. The van der Waals surface area contributed by atoms with Gasteiger partial charge in [0.15, 0.2) is 5.79 Å². The summed E-state index contributed by atoms with van der Waals surface area (Å²) in [6.07, 6.45) is 10.9. The van der Waals surface area contributed by atoms with E-state index in [2.05, 4.69) is 26.8 Å². The first-order valence-electron chi connectivity index (χ1n) is 13.6. The van der Waals surface area contributed by atoms with E-state index in [1.54, 1.807) is 7.11 Å². The van der Waals surface area contributed by atoms with Crippen LogP contribution in [0.25, 0.3) is 0 Å². The second-order valence-corrected chi connectivity index (χ2v) is 10.7. The summed E-state index contributed by atoms with van der Waals surface area (Å²) in [6, 6.07) is 7.98. The van der Waals surface area contributed by atoms with Gasteiger partial charge in [-0.2, -0.15) is 0 Å². The first-order chi connectivity index (χ1) is 17.3. The van der Waals surface area contributed by atoms with Crippen LogP contribution in [0.2, 0.25) is 0 Å². The van der Waals surface area contributed by atoms with Crippen LogP contribution in [0.4, 0.5) is 0 Å². The minimum atomic E-state index is -0.327. The molecule has 4 atom stereocenters. The second kappa shape index (κ2) is 14.2. The molecule has 0 N–H and O–H groups in total. The molecular weight excluding hydrogens is 456 g/mol. The zero-order chi connectivity index (χ0) is 26.0. The molecule has 0 aromatic heterocycles. The highest BCUT2D eigenvalue weighted by molar-refractivity contribution is 5.68. The van der Waals surface area contributed by atoms with Crippen LogP contribution in [0.5, 0.6) is 5.75 Å². The molecule has 0 unspecified atom stereocenters. The van der Waals surface area contributed by atoms with Gasteiger partial charge in [0.2, 0.25) is 0 Å². The second-order valence-electron chi connectivity index (χ2n) is 10.7. The molecular formula is C30H46O6. The predicted molar refractivity (Wildman–Crippen MR) is 141 cm³/mol. The number of hydrogen-bond donors (Lipinski definition) is 0. The molecule has 1 aromatic rings. The van der Waals surface area contributed by atoms with Gasteiger partial charge >= 0.3 is 5.97 Å². The standard InChI is InChI=1S/C30H46O6/c1-22(11-16-28-24(3)20-35-30(36-28)17-6-7-18-30)19-23(2)27(9-8-10-29(31)33-5)34-21-25-12-14-26(32-4)15-13-25/h11-15,23-24,27-28H,6-10,16-21H2,1-5H3/b22-11+/t23-,24-,27-,28+/m0/s1. The average Bonchev–Trinajstić information content (AvgIpc) is 3.34. The van der Waals surface area contributed by atoms with Crippen molar-refractivity contribution in [2.45, 2.75) is 103 Å². The summed E-state index contributed by atoms with van der Waals surface area (Å²) in [5.74, 6) is 1.07. The Morgan fingerprint density at radius 3 is 2.58 bits per heavy atom. The fraction of sp³-hybridized carbons (Fsp3) is 0.700. The van der Waals surface area contributed by atoms with Crippen molar-refractivity contribution in [1.82, 2.24) is 0 Å². The van der Waals surface area contributed by atoms with E-state index in [9.17, 15) is 4.79 Å². The highest BCUT2D eigenvalue weighted by Gasteiger charge is 2.43. The Labute approximate surface area is 217 Å². The Morgan fingerprint density at radius 1 is 1.19 bits per heavy atom. The molecule has 1 aliphatic heterocycles. The lowest BCUT2D eigenvalue weighted by Crippen LogP contribution is -2.46. The molecule has 6 nitrogen and oxygen atoms in total. The van der Waals surface area contributed by atoms with Crippen LogP contribution in [0.1, 0.15) is 84.1 Å². The van der Waals surface area contributed by atoms with Gasteiger partial charge in [-0.1, -0.05) is 37.6 Å². The molecule has 2 fully saturated rings. The Balaban J connectivity index is 1.55. The molecule has 1 heterocycles. The maximum Gasteiger partial charge on any atom is 0.305 e. The molecule has 1 saturated heterocycles. The number of hydrogen-bond acceptors (Lipinski definition) is 6. The number of methoxy groups -OCH3 is 2. The summed E-state index contributed by atoms with van der Waals surface area (Å²) in [5.41, 5.74) is 2.47. The Bertz CT molecular complexity index is 826. The molecule has 202 valence electrons. The zero-order valence-electron chi connectivity index (χ0n) is 22.9. The number of esters is 1. The topological polar surface area (TPSA) is 63.2 Å². The SMILES string of the molecule is COC(=O)CCC[C@H](OCc1ccc(OC)cc1)[C@@H](C)C/C(C)=C/C[C@H]1OC2(CCCC2)OC[C@@H]1C. The van der Waals surface area contributed by atoms with Crippen LogP contribution in [-0.2, 0) is 30.3 Å². The van der Waals surface area contributed by atoms with E-state index in [1.165, 1.54) is 25.5 Å². The maximum absolute atomic E-state index is 11.6. The fourth-order valence-corrected chi connectivity index (χ4v) is 5.32. The number of carbonyl (C=O) groups is 1. The number of ether oxygens (including phenoxy) is 5. The van der Waals surface area contributed by atoms with Gasteiger partial charge in [-0.15, -0.1) is 0 Å². The molecule has 1 saturated carbocycles. The Morgan fingerprint density at radius 2 is 1.92 bits per heavy atom. The van der Waals surface area contributed by atoms with Crippen LogP contribution >= 0.6 is 0 Å². The highest BCUT2D eigenvalue weighted by atomic mass is 16.7. The summed E-state index contributed by atoms with van der Waals surface area (Å²) in [6.45, 7) is 8.00. The maximum atomic E-state index is 11.6. The third-order valence-corrected chi connectivity index (χ3v) is 7.67. The van der Waals surface area contributed by atoms with Crippen molar-refractivity contribution in [3.63, 3.8) is 0 Å². The molecule has 0 radical (unpaired) electrons. The molecule has 1 spiro atoms. The van der Waals surface area contributed by atoms with E-state index in [-0.39, 0.29) is 24.0 Å². The third-order valence-electron chi connectivity index (χ3n) is 7.67. The monoisotopic (exact) mass is 502 g/mol. The summed E-state index contributed by atoms with van der Waals surface area (Å²) in [7, 11) is 3.11. The van der Waals surface area contributed by atoms with Gasteiger partial charge in [0.05, 0.1) is 39.6 Å². The molecule has 1 aliphatic carbocycles. The van der Waals surface area contributed by atoms with Crippen LogP contribution in [-0.4, -0.2) is 44.8 Å². The normalized spacial score (nSPS) is 23.4. The first kappa shape index (κ1) is 28.7. The minimum absolute atomic E-state index is 0.0557. The van der Waals surface area contributed by atoms with Gasteiger partial charge in [0, 0.05) is 25.2 Å². The van der Waals surface area contributed by atoms with Crippen molar-refractivity contribution >= 4 is 5.97 Å². The van der Waals surface area contributed by atoms with Crippen molar-refractivity contribution < 1.29 is 28.5 Å². The van der Waals surface area contributed by atoms with E-state index in [0.717, 1.165) is 56.4 Å². The van der Waals surface area contributed by atoms with Gasteiger partial charge < -0.3 is 23.7 Å². The molecule has 6 heteroatoms. The zero-order valence-corrected chi connectivity index (χ0v) is 22.9. The average molecular weight is 503 g/mol. The lowest BCUT2D eigenvalue weighted by molar-refractivity contribution is -0.304. The smallest absolute Gasteiger partial charge is 0.305 e. The Hall–Kier alpha value is -1.89. The van der Waals surface area contributed by atoms with Gasteiger partial charge in [0.1, 0.15) is 5.75 Å². The van der Waals surface area contributed by atoms with Crippen LogP contribution in [0, 0.1) is 11.8 Å². The quantitative estimate of drug-likeness (QED) is 0.223. The lowest BCUT2D eigenvalue weighted by Gasteiger charge is -2.42. The van der Waals surface area contributed by atoms with E-state index in [0.29, 0.717) is 24.9 Å². The molecule has 1 aromatic carbocycles. The van der Waals surface area contributed by atoms with Gasteiger partial charge in [0.25, 0.3) is 0 Å². The van der Waals surface area contributed by atoms with E-state index in [4.69, 9.17) is 23.7 Å². The van der Waals surface area contributed by atoms with E-state index >= 15 is 0 Å². The van der Waals surface area contributed by atoms with Crippen LogP contribution < -0.4 is 4.74 Å². The van der Waals surface area contributed by atoms with Crippen LogP contribution in [0.3, 0.4) is 0 Å². The molecule has 0 amide bonds. The molecule has 36 heavy (non-hydrogen) atoms. The summed E-state index contributed by atoms with van der Waals surface area (Å²) in [4.78, 5) is 11.6. The molecule has 2 aliphatic rings. The molecule has 0 bridgehead atoms. The highest BCUT2D eigenvalue weighted by Crippen LogP contribution is 2.40. The van der Waals surface area contributed by atoms with Crippen molar-refractivity contribution in [1.29, 1.82) is 0 Å². The van der Waals surface area contributed by atoms with Crippen molar-refractivity contribution in [3.8, 4) is 5.75 Å². The number of rotatable bonds is 13. The van der Waals surface area contributed by atoms with Crippen molar-refractivity contribution in [2.75, 3.05) is 20.8 Å². The van der Waals surface area contributed by atoms with Crippen LogP contribution in [0.15, 0.2) is 35.9 Å². The summed E-state index contributed by atoms with van der Waals surface area (Å²) >= 11 is 0. The van der Waals surface area contributed by atoms with Gasteiger partial charge in [-0.25, -0.2) is 0 Å². The predicted octanol–water partition coefficient (Wildman–Crippen LogP) is 6.61. The largest absolute Gasteiger partial charge is 0.497 e. The van der Waals surface area contributed by atoms with Crippen molar-refractivity contribution in [2.24, 2.45) is 11.8 Å². The van der Waals surface area contributed by atoms with Gasteiger partial charge in [-0.05, 0) is 69.1 Å². The van der Waals surface area contributed by atoms with E-state index in [1.807, 2.05) is 24.3 Å². The molecule has 3 rings (SSSR count). The third kappa shape index (κ3) is 8.60. The minimum Gasteiger partial charge on any atom is -0.497 e. The van der Waals surface area contributed by atoms with Crippen molar-refractivity contribution in [3.05, 3.63) is 41.5 Å². The first-order valence-corrected chi connectivity index (χ1v) is 13.6. The summed E-state index contributed by atoms with van der Waals surface area (Å²) in [5, 5.41) is 0. The Kier molecular flexibility index (Phi) is 11.3.